The zero-order valence-electron chi connectivity index (χ0n) is 12.9. The molecule has 1 atom stereocenters. The number of morpholine rings is 1. The van der Waals surface area contributed by atoms with Gasteiger partial charge in [0.25, 0.3) is 0 Å². The van der Waals surface area contributed by atoms with Gasteiger partial charge in [-0.25, -0.2) is 4.98 Å². The molecular formula is C15H21N5OS. The second kappa shape index (κ2) is 6.06. The molecule has 0 bridgehead atoms. The normalized spacial score (nSPS) is 22.1. The third-order valence-electron chi connectivity index (χ3n) is 4.42. The molecule has 0 spiro atoms. The summed E-state index contributed by atoms with van der Waals surface area (Å²) in [6, 6.07) is 0. The molecule has 7 heteroatoms. The minimum absolute atomic E-state index is 0.0167. The molecule has 22 heavy (non-hydrogen) atoms. The van der Waals surface area contributed by atoms with Crippen LogP contribution >= 0.6 is 11.3 Å². The largest absolute Gasteiger partial charge is 0.368 e. The van der Waals surface area contributed by atoms with Crippen molar-refractivity contribution in [2.45, 2.75) is 45.4 Å². The second-order valence-electron chi connectivity index (χ2n) is 5.90. The first kappa shape index (κ1) is 14.3. The topological polar surface area (TPSA) is 56.1 Å². The van der Waals surface area contributed by atoms with Crippen LogP contribution in [0.1, 0.15) is 40.9 Å². The number of fused-ring (bicyclic) bond motifs is 1. The van der Waals surface area contributed by atoms with Crippen LogP contribution in [-0.2, 0) is 30.7 Å². The molecule has 1 aliphatic carbocycles. The maximum Gasteiger partial charge on any atom is 0.163 e. The highest BCUT2D eigenvalue weighted by Crippen LogP contribution is 2.29. The van der Waals surface area contributed by atoms with Crippen LogP contribution in [0, 0.1) is 0 Å². The molecule has 6 nitrogen and oxygen atoms in total. The molecule has 0 saturated carbocycles. The molecule has 1 saturated heterocycles. The number of hydrogen-bond donors (Lipinski definition) is 0. The molecule has 4 rings (SSSR count). The van der Waals surface area contributed by atoms with Crippen LogP contribution in [0.3, 0.4) is 0 Å². The third kappa shape index (κ3) is 2.68. The van der Waals surface area contributed by atoms with Gasteiger partial charge >= 0.3 is 0 Å². The number of rotatable bonds is 4. The molecule has 2 aliphatic rings. The standard InChI is InChI=1S/C15H21N5OS/c1-2-20-10-16-18-15(20)12-8-19(6-7-21-12)9-14-17-11-4-3-5-13(11)22-14/h10,12H,2-9H2,1H3/t12-/m0/s1. The van der Waals surface area contributed by atoms with Gasteiger partial charge in [-0.1, -0.05) is 0 Å². The molecule has 0 N–H and O–H groups in total. The molecule has 0 aromatic carbocycles. The van der Waals surface area contributed by atoms with Gasteiger partial charge in [0, 0.05) is 24.5 Å². The predicted molar refractivity (Wildman–Crippen MR) is 83.8 cm³/mol. The van der Waals surface area contributed by atoms with Crippen LogP contribution < -0.4 is 0 Å². The van der Waals surface area contributed by atoms with Gasteiger partial charge in [-0.15, -0.1) is 21.5 Å². The van der Waals surface area contributed by atoms with Gasteiger partial charge in [0.05, 0.1) is 18.8 Å². The Balaban J connectivity index is 1.44. The first-order chi connectivity index (χ1) is 10.8. The molecule has 0 radical (unpaired) electrons. The number of hydrogen-bond acceptors (Lipinski definition) is 6. The number of ether oxygens (including phenoxy) is 1. The lowest BCUT2D eigenvalue weighted by Gasteiger charge is -2.31. The minimum atomic E-state index is 0.0167. The number of aromatic nitrogens is 4. The lowest BCUT2D eigenvalue weighted by molar-refractivity contribution is -0.0388. The summed E-state index contributed by atoms with van der Waals surface area (Å²) in [4.78, 5) is 8.74. The average Bonchev–Trinajstić information content (AvgIpc) is 3.22. The molecule has 0 unspecified atom stereocenters. The Morgan fingerprint density at radius 2 is 2.36 bits per heavy atom. The van der Waals surface area contributed by atoms with Gasteiger partial charge < -0.3 is 9.30 Å². The van der Waals surface area contributed by atoms with Gasteiger partial charge in [-0.3, -0.25) is 4.90 Å². The Kier molecular flexibility index (Phi) is 3.94. The van der Waals surface area contributed by atoms with Crippen molar-refractivity contribution in [3.8, 4) is 0 Å². The zero-order chi connectivity index (χ0) is 14.9. The predicted octanol–water partition coefficient (Wildman–Crippen LogP) is 1.82. The second-order valence-corrected chi connectivity index (χ2v) is 7.07. The molecule has 2 aromatic rings. The van der Waals surface area contributed by atoms with Crippen LogP contribution in [0.15, 0.2) is 6.33 Å². The molecule has 1 fully saturated rings. The Bertz CT molecular complexity index is 631. The summed E-state index contributed by atoms with van der Waals surface area (Å²) in [6.45, 7) is 6.47. The van der Waals surface area contributed by atoms with Gasteiger partial charge in [-0.2, -0.15) is 0 Å². The fourth-order valence-electron chi connectivity index (χ4n) is 3.26. The lowest BCUT2D eigenvalue weighted by atomic mass is 10.2. The highest BCUT2D eigenvalue weighted by Gasteiger charge is 2.27. The van der Waals surface area contributed by atoms with Crippen molar-refractivity contribution in [1.29, 1.82) is 0 Å². The lowest BCUT2D eigenvalue weighted by Crippen LogP contribution is -2.38. The van der Waals surface area contributed by atoms with E-state index in [2.05, 4.69) is 26.6 Å². The quantitative estimate of drug-likeness (QED) is 0.860. The summed E-state index contributed by atoms with van der Waals surface area (Å²) in [5, 5.41) is 9.51. The number of thiazole rings is 1. The third-order valence-corrected chi connectivity index (χ3v) is 5.57. The summed E-state index contributed by atoms with van der Waals surface area (Å²) in [6.07, 6.45) is 5.46. The first-order valence-electron chi connectivity index (χ1n) is 8.02. The summed E-state index contributed by atoms with van der Waals surface area (Å²) >= 11 is 1.90. The van der Waals surface area contributed by atoms with Crippen molar-refractivity contribution >= 4 is 11.3 Å². The fraction of sp³-hybridized carbons (Fsp3) is 0.667. The van der Waals surface area contributed by atoms with Crippen molar-refractivity contribution in [3.63, 3.8) is 0 Å². The van der Waals surface area contributed by atoms with E-state index in [1.54, 1.807) is 6.33 Å². The SMILES string of the molecule is CCn1cnnc1[C@@H]1CN(Cc2nc3c(s2)CCC3)CCO1. The van der Waals surface area contributed by atoms with Crippen molar-refractivity contribution in [2.24, 2.45) is 0 Å². The van der Waals surface area contributed by atoms with Crippen LogP contribution in [0.4, 0.5) is 0 Å². The Morgan fingerprint density at radius 1 is 1.41 bits per heavy atom. The van der Waals surface area contributed by atoms with E-state index in [1.165, 1.54) is 28.4 Å². The molecule has 0 amide bonds. The van der Waals surface area contributed by atoms with Gasteiger partial charge in [0.2, 0.25) is 0 Å². The Labute approximate surface area is 134 Å². The highest BCUT2D eigenvalue weighted by molar-refractivity contribution is 7.11. The van der Waals surface area contributed by atoms with E-state index in [-0.39, 0.29) is 6.10 Å². The summed E-state index contributed by atoms with van der Waals surface area (Å²) in [5.74, 6) is 0.939. The smallest absolute Gasteiger partial charge is 0.163 e. The van der Waals surface area contributed by atoms with E-state index < -0.39 is 0 Å². The van der Waals surface area contributed by atoms with E-state index in [0.717, 1.165) is 45.0 Å². The minimum Gasteiger partial charge on any atom is -0.368 e. The molecule has 2 aromatic heterocycles. The van der Waals surface area contributed by atoms with Crippen molar-refractivity contribution < 1.29 is 4.74 Å². The first-order valence-corrected chi connectivity index (χ1v) is 8.84. The van der Waals surface area contributed by atoms with Crippen LogP contribution in [0.2, 0.25) is 0 Å². The molecule has 1 aliphatic heterocycles. The maximum absolute atomic E-state index is 5.91. The van der Waals surface area contributed by atoms with E-state index in [0.29, 0.717) is 0 Å². The molecular weight excluding hydrogens is 298 g/mol. The van der Waals surface area contributed by atoms with Crippen molar-refractivity contribution in [3.05, 3.63) is 27.7 Å². The Hall–Kier alpha value is -1.31. The van der Waals surface area contributed by atoms with Gasteiger partial charge in [-0.05, 0) is 26.2 Å². The summed E-state index contributed by atoms with van der Waals surface area (Å²) < 4.78 is 7.97. The Morgan fingerprint density at radius 3 is 3.23 bits per heavy atom. The average molecular weight is 319 g/mol. The monoisotopic (exact) mass is 319 g/mol. The molecule has 3 heterocycles. The number of nitrogens with zero attached hydrogens (tertiary/aromatic N) is 5. The van der Waals surface area contributed by atoms with E-state index in [1.807, 2.05) is 11.3 Å². The van der Waals surface area contributed by atoms with E-state index in [4.69, 9.17) is 9.72 Å². The highest BCUT2D eigenvalue weighted by atomic mass is 32.1. The van der Waals surface area contributed by atoms with Crippen LogP contribution in [0.25, 0.3) is 0 Å². The van der Waals surface area contributed by atoms with Crippen LogP contribution in [-0.4, -0.2) is 44.3 Å². The summed E-state index contributed by atoms with van der Waals surface area (Å²) in [5.41, 5.74) is 1.34. The van der Waals surface area contributed by atoms with Crippen LogP contribution in [0.5, 0.6) is 0 Å². The van der Waals surface area contributed by atoms with Gasteiger partial charge in [0.1, 0.15) is 17.4 Å². The van der Waals surface area contributed by atoms with E-state index in [9.17, 15) is 0 Å². The number of aryl methyl sites for hydroxylation is 3. The van der Waals surface area contributed by atoms with Gasteiger partial charge in [0.15, 0.2) is 5.82 Å². The van der Waals surface area contributed by atoms with Crippen molar-refractivity contribution in [2.75, 3.05) is 19.7 Å². The zero-order valence-corrected chi connectivity index (χ0v) is 13.7. The fourth-order valence-corrected chi connectivity index (χ4v) is 4.46. The van der Waals surface area contributed by atoms with E-state index >= 15 is 0 Å². The summed E-state index contributed by atoms with van der Waals surface area (Å²) in [7, 11) is 0. The molecule has 118 valence electrons. The maximum atomic E-state index is 5.91. The van der Waals surface area contributed by atoms with Crippen molar-refractivity contribution in [1.82, 2.24) is 24.6 Å².